The molecule has 9 heteroatoms. The molecule has 2 aromatic rings. The number of aliphatic hydroxyl groups excluding tert-OH is 2. The molecule has 0 aliphatic carbocycles. The van der Waals surface area contributed by atoms with Crippen LogP contribution in [0.25, 0.3) is 11.2 Å². The number of hydrogen-bond donors (Lipinski definition) is 3. The summed E-state index contributed by atoms with van der Waals surface area (Å²) in [5.41, 5.74) is 0.693. The van der Waals surface area contributed by atoms with Crippen molar-refractivity contribution < 1.29 is 19.3 Å². The molecule has 3 rings (SSSR count). The maximum atomic E-state index is 13.2. The van der Waals surface area contributed by atoms with Crippen molar-refractivity contribution in [3.63, 3.8) is 0 Å². The highest BCUT2D eigenvalue weighted by Gasteiger charge is 2.36. The van der Waals surface area contributed by atoms with Crippen LogP contribution in [-0.2, 0) is 4.74 Å². The minimum Gasteiger partial charge on any atom is -0.394 e. The van der Waals surface area contributed by atoms with Crippen LogP contribution in [0, 0.1) is 6.08 Å². The Morgan fingerprint density at radius 2 is 2.35 bits per heavy atom. The Labute approximate surface area is 113 Å². The Bertz CT molecular complexity index is 634. The van der Waals surface area contributed by atoms with E-state index in [4.69, 9.17) is 9.84 Å². The third-order valence-corrected chi connectivity index (χ3v) is 3.30. The van der Waals surface area contributed by atoms with Gasteiger partial charge in [-0.25, -0.2) is 9.97 Å². The maximum absolute atomic E-state index is 13.2. The van der Waals surface area contributed by atoms with Crippen molar-refractivity contribution in [2.45, 2.75) is 24.9 Å². The van der Waals surface area contributed by atoms with Gasteiger partial charge in [-0.15, -0.1) is 0 Å². The predicted molar refractivity (Wildman–Crippen MR) is 66.4 cm³/mol. The monoisotopic (exact) mass is 283 g/mol. The van der Waals surface area contributed by atoms with Gasteiger partial charge in [0.15, 0.2) is 5.65 Å². The van der Waals surface area contributed by atoms with Gasteiger partial charge in [0.1, 0.15) is 17.8 Å². The first-order chi connectivity index (χ1) is 9.63. The highest BCUT2D eigenvalue weighted by atomic mass is 19.1. The first kappa shape index (κ1) is 13.2. The van der Waals surface area contributed by atoms with Crippen molar-refractivity contribution in [2.75, 3.05) is 19.0 Å². The smallest absolute Gasteiger partial charge is 0.310 e. The molecule has 3 atom stereocenters. The van der Waals surface area contributed by atoms with Gasteiger partial charge in [0.05, 0.1) is 18.9 Å². The average Bonchev–Trinajstić information content (AvgIpc) is 2.98. The fraction of sp³-hybridized carbons (Fsp3) is 0.545. The van der Waals surface area contributed by atoms with E-state index in [9.17, 15) is 9.50 Å². The van der Waals surface area contributed by atoms with Gasteiger partial charge in [-0.1, -0.05) is 0 Å². The summed E-state index contributed by atoms with van der Waals surface area (Å²) in [5, 5.41) is 21.8. The standard InChI is InChI=1S/C11H14FN5O3/c1-13-11-15-5-3-14-10(12)16-9(5)17(11)8-2-6(19)7(4-18)20-8/h3,6-8,18-19H,2,4H2,1H3,(H,13,15)/t6-,7+,8-/m1/s1. The third kappa shape index (κ3) is 1.99. The van der Waals surface area contributed by atoms with Crippen molar-refractivity contribution >= 4 is 17.1 Å². The SMILES string of the molecule is CNc1nc2cnc(F)nc2n1[C@H]1C[C@@H](O)[C@H](CO)O1. The number of aromatic nitrogens is 4. The molecule has 0 saturated carbocycles. The topological polar surface area (TPSA) is 105 Å². The summed E-state index contributed by atoms with van der Waals surface area (Å²) in [4.78, 5) is 11.4. The molecule has 0 unspecified atom stereocenters. The van der Waals surface area contributed by atoms with Crippen molar-refractivity contribution in [3.05, 3.63) is 12.3 Å². The summed E-state index contributed by atoms with van der Waals surface area (Å²) in [6.45, 7) is -0.289. The largest absolute Gasteiger partial charge is 0.394 e. The van der Waals surface area contributed by atoms with Crippen LogP contribution >= 0.6 is 0 Å². The second kappa shape index (κ2) is 4.93. The quantitative estimate of drug-likeness (QED) is 0.661. The molecule has 108 valence electrons. The lowest BCUT2D eigenvalue weighted by atomic mass is 10.2. The number of ether oxygens (including phenoxy) is 1. The molecule has 8 nitrogen and oxygen atoms in total. The number of anilines is 1. The van der Waals surface area contributed by atoms with E-state index < -0.39 is 24.5 Å². The highest BCUT2D eigenvalue weighted by molar-refractivity contribution is 5.73. The molecular weight excluding hydrogens is 269 g/mol. The molecular formula is C11H14FN5O3. The van der Waals surface area contributed by atoms with Gasteiger partial charge in [-0.05, 0) is 0 Å². The molecule has 1 saturated heterocycles. The summed E-state index contributed by atoms with van der Waals surface area (Å²) in [6, 6.07) is 0. The molecule has 20 heavy (non-hydrogen) atoms. The summed E-state index contributed by atoms with van der Waals surface area (Å²) >= 11 is 0. The van der Waals surface area contributed by atoms with Crippen molar-refractivity contribution in [2.24, 2.45) is 0 Å². The maximum Gasteiger partial charge on any atom is 0.310 e. The van der Waals surface area contributed by atoms with Gasteiger partial charge in [0, 0.05) is 13.5 Å². The van der Waals surface area contributed by atoms with Crippen LogP contribution in [0.5, 0.6) is 0 Å². The van der Waals surface area contributed by atoms with E-state index in [2.05, 4.69) is 20.3 Å². The Morgan fingerprint density at radius 3 is 3.00 bits per heavy atom. The van der Waals surface area contributed by atoms with Gasteiger partial charge >= 0.3 is 6.08 Å². The molecule has 1 aliphatic heterocycles. The van der Waals surface area contributed by atoms with Crippen LogP contribution in [0.4, 0.5) is 10.3 Å². The number of fused-ring (bicyclic) bond motifs is 1. The minimum absolute atomic E-state index is 0.261. The lowest BCUT2D eigenvalue weighted by Gasteiger charge is -2.16. The molecule has 1 fully saturated rings. The van der Waals surface area contributed by atoms with Crippen molar-refractivity contribution in [3.8, 4) is 0 Å². The Morgan fingerprint density at radius 1 is 1.55 bits per heavy atom. The van der Waals surface area contributed by atoms with Crippen LogP contribution in [-0.4, -0.2) is 55.6 Å². The normalized spacial score (nSPS) is 26.3. The second-order valence-corrected chi connectivity index (χ2v) is 4.52. The molecule has 1 aliphatic rings. The molecule has 0 amide bonds. The Balaban J connectivity index is 2.08. The first-order valence-electron chi connectivity index (χ1n) is 6.16. The van der Waals surface area contributed by atoms with Crippen LogP contribution < -0.4 is 5.32 Å². The van der Waals surface area contributed by atoms with Crippen LogP contribution in [0.2, 0.25) is 0 Å². The average molecular weight is 283 g/mol. The van der Waals surface area contributed by atoms with Gasteiger partial charge in [-0.2, -0.15) is 9.37 Å². The second-order valence-electron chi connectivity index (χ2n) is 4.52. The number of aliphatic hydroxyl groups is 2. The van der Waals surface area contributed by atoms with E-state index in [1.54, 1.807) is 11.6 Å². The summed E-state index contributed by atoms with van der Waals surface area (Å²) in [7, 11) is 1.66. The number of halogens is 1. The van der Waals surface area contributed by atoms with E-state index in [1.807, 2.05) is 0 Å². The zero-order chi connectivity index (χ0) is 14.3. The summed E-state index contributed by atoms with van der Waals surface area (Å²) < 4.78 is 20.3. The number of nitrogens with one attached hydrogen (secondary N) is 1. The molecule has 0 aromatic carbocycles. The lowest BCUT2D eigenvalue weighted by molar-refractivity contribution is -0.0425. The number of hydrogen-bond acceptors (Lipinski definition) is 7. The number of rotatable bonds is 3. The van der Waals surface area contributed by atoms with Crippen LogP contribution in [0.15, 0.2) is 6.20 Å². The highest BCUT2D eigenvalue weighted by Crippen LogP contribution is 2.33. The minimum atomic E-state index is -0.862. The van der Waals surface area contributed by atoms with E-state index in [0.717, 1.165) is 0 Å². The zero-order valence-corrected chi connectivity index (χ0v) is 10.7. The molecule has 0 radical (unpaired) electrons. The van der Waals surface area contributed by atoms with Crippen molar-refractivity contribution in [1.29, 1.82) is 0 Å². The molecule has 2 aromatic heterocycles. The predicted octanol–water partition coefficient (Wildman–Crippen LogP) is -0.352. The zero-order valence-electron chi connectivity index (χ0n) is 10.7. The van der Waals surface area contributed by atoms with E-state index in [0.29, 0.717) is 11.5 Å². The Hall–Kier alpha value is -1.84. The van der Waals surface area contributed by atoms with E-state index in [1.165, 1.54) is 6.20 Å². The lowest BCUT2D eigenvalue weighted by Crippen LogP contribution is -2.24. The summed E-state index contributed by atoms with van der Waals surface area (Å²) in [6.07, 6.45) is -1.36. The van der Waals surface area contributed by atoms with E-state index in [-0.39, 0.29) is 18.7 Å². The molecule has 3 N–H and O–H groups in total. The fourth-order valence-electron chi connectivity index (χ4n) is 2.36. The third-order valence-electron chi connectivity index (χ3n) is 3.30. The van der Waals surface area contributed by atoms with Crippen LogP contribution in [0.3, 0.4) is 0 Å². The summed E-state index contributed by atoms with van der Waals surface area (Å²) in [5.74, 6) is 0.427. The first-order valence-corrected chi connectivity index (χ1v) is 6.16. The number of nitrogens with zero attached hydrogens (tertiary/aromatic N) is 4. The van der Waals surface area contributed by atoms with Gasteiger partial charge in [0.2, 0.25) is 5.95 Å². The van der Waals surface area contributed by atoms with Gasteiger partial charge < -0.3 is 20.3 Å². The molecule has 0 spiro atoms. The Kier molecular flexibility index (Phi) is 3.24. The molecule has 0 bridgehead atoms. The molecule has 3 heterocycles. The van der Waals surface area contributed by atoms with E-state index >= 15 is 0 Å². The fourth-order valence-corrected chi connectivity index (χ4v) is 2.36. The number of imidazole rings is 1. The van der Waals surface area contributed by atoms with Gasteiger partial charge in [0.25, 0.3) is 0 Å². The van der Waals surface area contributed by atoms with Gasteiger partial charge in [-0.3, -0.25) is 4.57 Å². The van der Waals surface area contributed by atoms with Crippen molar-refractivity contribution in [1.82, 2.24) is 19.5 Å². The van der Waals surface area contributed by atoms with Crippen LogP contribution in [0.1, 0.15) is 12.6 Å².